The van der Waals surface area contributed by atoms with Gasteiger partial charge in [-0.3, -0.25) is 9.59 Å². The Morgan fingerprint density at radius 1 is 0.946 bits per heavy atom. The molecule has 3 aromatic rings. The van der Waals surface area contributed by atoms with E-state index < -0.39 is 29.7 Å². The SMILES string of the molecule is CCOc1ccc(NC(=O)C[C@@H]2C(=O)N(c3ccc(F)cc3)C(=O)N2CCc2ccc(OC)cc2)cc1. The van der Waals surface area contributed by atoms with Gasteiger partial charge in [0.15, 0.2) is 0 Å². The second-order valence-electron chi connectivity index (χ2n) is 8.45. The summed E-state index contributed by atoms with van der Waals surface area (Å²) >= 11 is 0. The van der Waals surface area contributed by atoms with Crippen LogP contribution in [-0.2, 0) is 16.0 Å². The largest absolute Gasteiger partial charge is 0.497 e. The lowest BCUT2D eigenvalue weighted by molar-refractivity contribution is -0.124. The number of imide groups is 1. The summed E-state index contributed by atoms with van der Waals surface area (Å²) in [5.41, 5.74) is 1.74. The molecule has 0 radical (unpaired) electrons. The van der Waals surface area contributed by atoms with Crippen LogP contribution >= 0.6 is 0 Å². The summed E-state index contributed by atoms with van der Waals surface area (Å²) in [6.45, 7) is 2.63. The van der Waals surface area contributed by atoms with Crippen molar-refractivity contribution in [2.45, 2.75) is 25.8 Å². The second kappa shape index (κ2) is 11.6. The van der Waals surface area contributed by atoms with Gasteiger partial charge in [0.05, 0.1) is 25.8 Å². The van der Waals surface area contributed by atoms with Crippen LogP contribution in [0.1, 0.15) is 18.9 Å². The number of anilines is 2. The van der Waals surface area contributed by atoms with Crippen molar-refractivity contribution >= 4 is 29.2 Å². The predicted octanol–water partition coefficient (Wildman–Crippen LogP) is 4.64. The van der Waals surface area contributed by atoms with Gasteiger partial charge in [-0.1, -0.05) is 12.1 Å². The number of nitrogens with one attached hydrogen (secondary N) is 1. The summed E-state index contributed by atoms with van der Waals surface area (Å²) in [4.78, 5) is 42.0. The van der Waals surface area contributed by atoms with Gasteiger partial charge in [0.1, 0.15) is 23.4 Å². The Hall–Kier alpha value is -4.40. The highest BCUT2D eigenvalue weighted by atomic mass is 19.1. The molecule has 3 aromatic carbocycles. The molecular formula is C28H28FN3O5. The molecule has 1 aliphatic rings. The predicted molar refractivity (Wildman–Crippen MR) is 137 cm³/mol. The van der Waals surface area contributed by atoms with Crippen LogP contribution in [0.4, 0.5) is 20.6 Å². The van der Waals surface area contributed by atoms with Gasteiger partial charge in [0.2, 0.25) is 5.91 Å². The van der Waals surface area contributed by atoms with E-state index in [2.05, 4.69) is 5.32 Å². The second-order valence-corrected chi connectivity index (χ2v) is 8.45. The number of halogens is 1. The lowest BCUT2D eigenvalue weighted by Gasteiger charge is -2.21. The fourth-order valence-corrected chi connectivity index (χ4v) is 4.15. The summed E-state index contributed by atoms with van der Waals surface area (Å²) in [5.74, 6) is -0.0383. The molecule has 0 aliphatic carbocycles. The van der Waals surface area contributed by atoms with Crippen molar-refractivity contribution in [3.8, 4) is 11.5 Å². The van der Waals surface area contributed by atoms with Crippen molar-refractivity contribution in [3.05, 3.63) is 84.2 Å². The number of carbonyl (C=O) groups excluding carboxylic acids is 3. The number of methoxy groups -OCH3 is 1. The van der Waals surface area contributed by atoms with Gasteiger partial charge in [-0.15, -0.1) is 0 Å². The first-order valence-corrected chi connectivity index (χ1v) is 12.0. The summed E-state index contributed by atoms with van der Waals surface area (Å²) < 4.78 is 24.1. The van der Waals surface area contributed by atoms with E-state index in [0.717, 1.165) is 10.5 Å². The third-order valence-corrected chi connectivity index (χ3v) is 6.03. The van der Waals surface area contributed by atoms with E-state index in [1.165, 1.54) is 29.2 Å². The molecule has 0 saturated carbocycles. The number of urea groups is 1. The average Bonchev–Trinajstić information content (AvgIpc) is 3.13. The number of rotatable bonds is 10. The fraction of sp³-hybridized carbons (Fsp3) is 0.250. The molecule has 0 unspecified atom stereocenters. The van der Waals surface area contributed by atoms with E-state index in [4.69, 9.17) is 9.47 Å². The molecule has 1 saturated heterocycles. The van der Waals surface area contributed by atoms with E-state index in [-0.39, 0.29) is 18.7 Å². The first-order chi connectivity index (χ1) is 17.9. The van der Waals surface area contributed by atoms with E-state index in [1.807, 2.05) is 31.2 Å². The van der Waals surface area contributed by atoms with Crippen molar-refractivity contribution < 1.29 is 28.2 Å². The van der Waals surface area contributed by atoms with E-state index >= 15 is 0 Å². The molecule has 1 fully saturated rings. The minimum absolute atomic E-state index is 0.218. The maximum absolute atomic E-state index is 13.5. The first-order valence-electron chi connectivity index (χ1n) is 12.0. The maximum Gasteiger partial charge on any atom is 0.332 e. The molecule has 1 aliphatic heterocycles. The van der Waals surface area contributed by atoms with E-state index in [0.29, 0.717) is 30.2 Å². The third kappa shape index (κ3) is 6.06. The van der Waals surface area contributed by atoms with Gasteiger partial charge in [0, 0.05) is 12.2 Å². The lowest BCUT2D eigenvalue weighted by atomic mass is 10.1. The summed E-state index contributed by atoms with van der Waals surface area (Å²) in [6, 6.07) is 17.8. The molecule has 4 amide bonds. The number of carbonyl (C=O) groups is 3. The zero-order valence-corrected chi connectivity index (χ0v) is 20.6. The Bertz CT molecular complexity index is 1250. The summed E-state index contributed by atoms with van der Waals surface area (Å²) in [7, 11) is 1.58. The standard InChI is InChI=1S/C28H28FN3O5/c1-3-37-24-14-8-21(9-15-24)30-26(33)18-25-27(34)32(22-10-6-20(29)7-11-22)28(35)31(25)17-16-19-4-12-23(36-2)13-5-19/h4-15,25H,3,16-18H2,1-2H3,(H,30,33)/t25-/m1/s1. The van der Waals surface area contributed by atoms with Crippen molar-refractivity contribution in [1.82, 2.24) is 4.90 Å². The first kappa shape index (κ1) is 25.7. The summed E-state index contributed by atoms with van der Waals surface area (Å²) in [6.07, 6.45) is 0.245. The quantitative estimate of drug-likeness (QED) is 0.406. The molecule has 8 nitrogen and oxygen atoms in total. The molecule has 4 rings (SSSR count). The molecule has 0 spiro atoms. The molecular weight excluding hydrogens is 477 g/mol. The van der Waals surface area contributed by atoms with Gasteiger partial charge in [-0.2, -0.15) is 0 Å². The minimum Gasteiger partial charge on any atom is -0.497 e. The van der Waals surface area contributed by atoms with Gasteiger partial charge in [-0.05, 0) is 79.6 Å². The van der Waals surface area contributed by atoms with Crippen LogP contribution in [0.3, 0.4) is 0 Å². The summed E-state index contributed by atoms with van der Waals surface area (Å²) in [5, 5.41) is 2.78. The van der Waals surface area contributed by atoms with Crippen LogP contribution in [0.5, 0.6) is 11.5 Å². The van der Waals surface area contributed by atoms with Crippen molar-refractivity contribution in [3.63, 3.8) is 0 Å². The van der Waals surface area contributed by atoms with Gasteiger partial charge >= 0.3 is 6.03 Å². The lowest BCUT2D eigenvalue weighted by Crippen LogP contribution is -2.39. The van der Waals surface area contributed by atoms with Crippen LogP contribution < -0.4 is 19.7 Å². The van der Waals surface area contributed by atoms with E-state index in [1.54, 1.807) is 31.4 Å². The van der Waals surface area contributed by atoms with Crippen molar-refractivity contribution in [2.75, 3.05) is 30.5 Å². The smallest absolute Gasteiger partial charge is 0.332 e. The minimum atomic E-state index is -1.00. The highest BCUT2D eigenvalue weighted by Crippen LogP contribution is 2.28. The number of benzene rings is 3. The zero-order chi connectivity index (χ0) is 26.4. The van der Waals surface area contributed by atoms with Crippen LogP contribution in [0.2, 0.25) is 0 Å². The van der Waals surface area contributed by atoms with E-state index in [9.17, 15) is 18.8 Å². The van der Waals surface area contributed by atoms with Crippen LogP contribution in [0.15, 0.2) is 72.8 Å². The highest BCUT2D eigenvalue weighted by Gasteiger charge is 2.46. The molecule has 1 atom stereocenters. The molecule has 0 bridgehead atoms. The zero-order valence-electron chi connectivity index (χ0n) is 20.6. The van der Waals surface area contributed by atoms with Gasteiger partial charge in [0.25, 0.3) is 5.91 Å². The number of hydrogen-bond donors (Lipinski definition) is 1. The molecule has 37 heavy (non-hydrogen) atoms. The van der Waals surface area contributed by atoms with Crippen LogP contribution in [0.25, 0.3) is 0 Å². The Morgan fingerprint density at radius 2 is 1.59 bits per heavy atom. The molecule has 1 heterocycles. The Balaban J connectivity index is 1.51. The van der Waals surface area contributed by atoms with Crippen LogP contribution in [-0.4, -0.2) is 49.0 Å². The van der Waals surface area contributed by atoms with Crippen molar-refractivity contribution in [2.24, 2.45) is 0 Å². The number of ether oxygens (including phenoxy) is 2. The number of hydrogen-bond acceptors (Lipinski definition) is 5. The Labute approximate surface area is 214 Å². The fourth-order valence-electron chi connectivity index (χ4n) is 4.15. The topological polar surface area (TPSA) is 88.2 Å². The molecule has 192 valence electrons. The molecule has 1 N–H and O–H groups in total. The Morgan fingerprint density at radius 3 is 2.22 bits per heavy atom. The monoisotopic (exact) mass is 505 g/mol. The number of nitrogens with zero attached hydrogens (tertiary/aromatic N) is 2. The maximum atomic E-state index is 13.5. The third-order valence-electron chi connectivity index (χ3n) is 6.03. The van der Waals surface area contributed by atoms with Crippen molar-refractivity contribution in [1.29, 1.82) is 0 Å². The normalized spacial score (nSPS) is 15.2. The van der Waals surface area contributed by atoms with Crippen LogP contribution in [0, 0.1) is 5.82 Å². The molecule has 9 heteroatoms. The van der Waals surface area contributed by atoms with Gasteiger partial charge < -0.3 is 19.7 Å². The number of amides is 4. The highest BCUT2D eigenvalue weighted by molar-refractivity contribution is 6.22. The Kier molecular flexibility index (Phi) is 8.02. The van der Waals surface area contributed by atoms with Gasteiger partial charge in [-0.25, -0.2) is 14.1 Å². The molecule has 0 aromatic heterocycles. The average molecular weight is 506 g/mol.